The Hall–Kier alpha value is -0.890. The Morgan fingerprint density at radius 3 is 2.48 bits per heavy atom. The second kappa shape index (κ2) is 6.48. The first-order valence-electron chi connectivity index (χ1n) is 6.11. The van der Waals surface area contributed by atoms with Gasteiger partial charge in [-0.2, -0.15) is 0 Å². The summed E-state index contributed by atoms with van der Waals surface area (Å²) in [7, 11) is -3.66. The van der Waals surface area contributed by atoms with Crippen LogP contribution in [0.15, 0.2) is 50.2 Å². The molecule has 3 N–H and O–H groups in total. The van der Waals surface area contributed by atoms with Crippen molar-refractivity contribution in [3.63, 3.8) is 0 Å². The van der Waals surface area contributed by atoms with E-state index in [9.17, 15) is 8.42 Å². The maximum Gasteiger partial charge on any atom is 0.262 e. The van der Waals surface area contributed by atoms with E-state index in [1.54, 1.807) is 37.3 Å². The molecule has 0 heterocycles. The highest BCUT2D eigenvalue weighted by molar-refractivity contribution is 9.11. The number of hydrogen-bond acceptors (Lipinski definition) is 3. The number of halogens is 2. The largest absolute Gasteiger partial charge is 0.326 e. The van der Waals surface area contributed by atoms with Crippen molar-refractivity contribution in [2.45, 2.75) is 18.4 Å². The Balaban J connectivity index is 2.43. The summed E-state index contributed by atoms with van der Waals surface area (Å²) in [5.41, 5.74) is 7.51. The molecule has 2 aromatic rings. The molecule has 0 saturated heterocycles. The van der Waals surface area contributed by atoms with Crippen LogP contribution in [0.25, 0.3) is 0 Å². The standard InChI is InChI=1S/C14H14Br2N2O2S/c1-9-2-3-10(8-17)6-14(9)21(19,20)18-13-5-4-11(15)7-12(13)16/h2-7,18H,8,17H2,1H3. The number of sulfonamides is 1. The lowest BCUT2D eigenvalue weighted by molar-refractivity contribution is 0.600. The third kappa shape index (κ3) is 3.85. The fraction of sp³-hybridized carbons (Fsp3) is 0.143. The van der Waals surface area contributed by atoms with E-state index in [4.69, 9.17) is 5.73 Å². The predicted octanol–water partition coefficient (Wildman–Crippen LogP) is 3.78. The molecule has 0 radical (unpaired) electrons. The van der Waals surface area contributed by atoms with Gasteiger partial charge in [0.2, 0.25) is 0 Å². The molecule has 0 saturated carbocycles. The second-order valence-corrected chi connectivity index (χ2v) is 7.95. The van der Waals surface area contributed by atoms with Crippen LogP contribution in [-0.4, -0.2) is 8.42 Å². The lowest BCUT2D eigenvalue weighted by atomic mass is 10.1. The van der Waals surface area contributed by atoms with Crippen molar-refractivity contribution >= 4 is 47.6 Å². The monoisotopic (exact) mass is 432 g/mol. The number of rotatable bonds is 4. The fourth-order valence-electron chi connectivity index (χ4n) is 1.83. The van der Waals surface area contributed by atoms with Gasteiger partial charge in [-0.15, -0.1) is 0 Å². The molecule has 0 amide bonds. The minimum atomic E-state index is -3.66. The Labute approximate surface area is 141 Å². The Kier molecular flexibility index (Phi) is 5.08. The first-order chi connectivity index (χ1) is 9.83. The van der Waals surface area contributed by atoms with Gasteiger partial charge in [0.05, 0.1) is 10.6 Å². The first kappa shape index (κ1) is 16.5. The minimum absolute atomic E-state index is 0.236. The maximum absolute atomic E-state index is 12.5. The summed E-state index contributed by atoms with van der Waals surface area (Å²) in [6.07, 6.45) is 0. The summed E-state index contributed by atoms with van der Waals surface area (Å²) in [6, 6.07) is 10.4. The molecule has 0 bridgehead atoms. The van der Waals surface area contributed by atoms with Crippen LogP contribution in [0, 0.1) is 6.92 Å². The summed E-state index contributed by atoms with van der Waals surface area (Å²) in [5.74, 6) is 0. The van der Waals surface area contributed by atoms with E-state index >= 15 is 0 Å². The van der Waals surface area contributed by atoms with Gasteiger partial charge in [0.25, 0.3) is 10.0 Å². The van der Waals surface area contributed by atoms with Gasteiger partial charge in [-0.1, -0.05) is 28.1 Å². The van der Waals surface area contributed by atoms with Crippen LogP contribution >= 0.6 is 31.9 Å². The SMILES string of the molecule is Cc1ccc(CN)cc1S(=O)(=O)Nc1ccc(Br)cc1Br. The number of nitrogens with one attached hydrogen (secondary N) is 1. The van der Waals surface area contributed by atoms with Crippen molar-refractivity contribution in [1.82, 2.24) is 0 Å². The molecule has 4 nitrogen and oxygen atoms in total. The summed E-state index contributed by atoms with van der Waals surface area (Å²) in [6.45, 7) is 2.05. The lowest BCUT2D eigenvalue weighted by Crippen LogP contribution is -2.15. The summed E-state index contributed by atoms with van der Waals surface area (Å²) in [4.78, 5) is 0.236. The molecule has 0 aliphatic carbocycles. The van der Waals surface area contributed by atoms with Crippen LogP contribution in [0.4, 0.5) is 5.69 Å². The number of benzene rings is 2. The predicted molar refractivity (Wildman–Crippen MR) is 91.7 cm³/mol. The number of aryl methyl sites for hydroxylation is 1. The van der Waals surface area contributed by atoms with E-state index in [2.05, 4.69) is 36.6 Å². The lowest BCUT2D eigenvalue weighted by Gasteiger charge is -2.13. The van der Waals surface area contributed by atoms with Crippen LogP contribution in [0.5, 0.6) is 0 Å². The normalized spacial score (nSPS) is 11.4. The van der Waals surface area contributed by atoms with Crippen LogP contribution in [0.1, 0.15) is 11.1 Å². The van der Waals surface area contributed by atoms with Crippen molar-refractivity contribution in [3.8, 4) is 0 Å². The molecule has 21 heavy (non-hydrogen) atoms. The number of nitrogens with two attached hydrogens (primary N) is 1. The van der Waals surface area contributed by atoms with Crippen LogP contribution in [-0.2, 0) is 16.6 Å². The molecule has 0 aliphatic heterocycles. The molecule has 0 unspecified atom stereocenters. The zero-order chi connectivity index (χ0) is 15.6. The molecular weight excluding hydrogens is 420 g/mol. The fourth-order valence-corrected chi connectivity index (χ4v) is 4.49. The van der Waals surface area contributed by atoms with Gasteiger partial charge in [0, 0.05) is 15.5 Å². The second-order valence-electron chi connectivity index (χ2n) is 4.53. The molecule has 2 aromatic carbocycles. The van der Waals surface area contributed by atoms with E-state index in [0.717, 1.165) is 10.0 Å². The van der Waals surface area contributed by atoms with Gasteiger partial charge in [-0.3, -0.25) is 4.72 Å². The Morgan fingerprint density at radius 1 is 1.14 bits per heavy atom. The van der Waals surface area contributed by atoms with Crippen molar-refractivity contribution in [3.05, 3.63) is 56.5 Å². The maximum atomic E-state index is 12.5. The molecule has 0 fully saturated rings. The summed E-state index contributed by atoms with van der Waals surface area (Å²) >= 11 is 6.67. The molecular formula is C14H14Br2N2O2S. The van der Waals surface area contributed by atoms with E-state index in [1.807, 2.05) is 6.07 Å². The van der Waals surface area contributed by atoms with Gasteiger partial charge in [-0.25, -0.2) is 8.42 Å². The van der Waals surface area contributed by atoms with Gasteiger partial charge >= 0.3 is 0 Å². The van der Waals surface area contributed by atoms with Crippen molar-refractivity contribution in [1.29, 1.82) is 0 Å². The summed E-state index contributed by atoms with van der Waals surface area (Å²) < 4.78 is 29.2. The molecule has 112 valence electrons. The van der Waals surface area contributed by atoms with E-state index in [0.29, 0.717) is 22.3 Å². The average Bonchev–Trinajstić information content (AvgIpc) is 2.42. The average molecular weight is 434 g/mol. The topological polar surface area (TPSA) is 72.2 Å². The van der Waals surface area contributed by atoms with Crippen molar-refractivity contribution < 1.29 is 8.42 Å². The molecule has 0 atom stereocenters. The molecule has 7 heteroatoms. The molecule has 0 aromatic heterocycles. The van der Waals surface area contributed by atoms with E-state index in [1.165, 1.54) is 0 Å². The zero-order valence-electron chi connectivity index (χ0n) is 11.2. The highest BCUT2D eigenvalue weighted by Crippen LogP contribution is 2.29. The van der Waals surface area contributed by atoms with Gasteiger partial charge in [0.15, 0.2) is 0 Å². The van der Waals surface area contributed by atoms with Crippen LogP contribution in [0.3, 0.4) is 0 Å². The van der Waals surface area contributed by atoms with Gasteiger partial charge in [-0.05, 0) is 58.2 Å². The van der Waals surface area contributed by atoms with Gasteiger partial charge < -0.3 is 5.73 Å². The van der Waals surface area contributed by atoms with Crippen molar-refractivity contribution in [2.75, 3.05) is 4.72 Å². The van der Waals surface area contributed by atoms with E-state index < -0.39 is 10.0 Å². The number of anilines is 1. The van der Waals surface area contributed by atoms with Crippen LogP contribution < -0.4 is 10.5 Å². The third-order valence-corrected chi connectivity index (χ3v) is 5.61. The minimum Gasteiger partial charge on any atom is -0.326 e. The molecule has 0 spiro atoms. The third-order valence-electron chi connectivity index (χ3n) is 2.95. The van der Waals surface area contributed by atoms with E-state index in [-0.39, 0.29) is 4.90 Å². The number of hydrogen-bond donors (Lipinski definition) is 2. The van der Waals surface area contributed by atoms with Crippen molar-refractivity contribution in [2.24, 2.45) is 5.73 Å². The molecule has 2 rings (SSSR count). The molecule has 0 aliphatic rings. The smallest absolute Gasteiger partial charge is 0.262 e. The zero-order valence-corrected chi connectivity index (χ0v) is 15.2. The van der Waals surface area contributed by atoms with Crippen LogP contribution in [0.2, 0.25) is 0 Å². The Morgan fingerprint density at radius 2 is 1.86 bits per heavy atom. The first-order valence-corrected chi connectivity index (χ1v) is 9.18. The highest BCUT2D eigenvalue weighted by atomic mass is 79.9. The van der Waals surface area contributed by atoms with Gasteiger partial charge in [0.1, 0.15) is 0 Å². The summed E-state index contributed by atoms with van der Waals surface area (Å²) in [5, 5.41) is 0. The Bertz CT molecular complexity index is 777. The highest BCUT2D eigenvalue weighted by Gasteiger charge is 2.18. The quantitative estimate of drug-likeness (QED) is 0.770.